The lowest BCUT2D eigenvalue weighted by Gasteiger charge is -2.10. The highest BCUT2D eigenvalue weighted by molar-refractivity contribution is 7.17. The summed E-state index contributed by atoms with van der Waals surface area (Å²) in [6.07, 6.45) is 0. The molecule has 0 fully saturated rings. The first-order chi connectivity index (χ1) is 9.76. The van der Waals surface area contributed by atoms with Gasteiger partial charge in [0.2, 0.25) is 5.88 Å². The molecule has 0 atom stereocenters. The van der Waals surface area contributed by atoms with Crippen LogP contribution in [0.4, 0.5) is 17.2 Å². The molecule has 0 unspecified atom stereocenters. The third kappa shape index (κ3) is 2.53. The number of nitrogen functional groups attached to an aromatic ring is 1. The van der Waals surface area contributed by atoms with Gasteiger partial charge in [-0.3, -0.25) is 0 Å². The molecule has 2 aromatic heterocycles. The van der Waals surface area contributed by atoms with E-state index in [0.29, 0.717) is 18.2 Å². The first kappa shape index (κ1) is 12.7. The van der Waals surface area contributed by atoms with Crippen molar-refractivity contribution in [2.45, 2.75) is 6.92 Å². The van der Waals surface area contributed by atoms with Gasteiger partial charge < -0.3 is 15.8 Å². The second-order valence-corrected chi connectivity index (χ2v) is 5.27. The Morgan fingerprint density at radius 2 is 2.15 bits per heavy atom. The summed E-state index contributed by atoms with van der Waals surface area (Å²) in [6, 6.07) is 12.0. The summed E-state index contributed by atoms with van der Waals surface area (Å²) in [5, 5.41) is 6.58. The first-order valence-corrected chi connectivity index (χ1v) is 7.28. The zero-order valence-corrected chi connectivity index (χ0v) is 11.9. The number of ether oxygens (including phenoxy) is 1. The van der Waals surface area contributed by atoms with Gasteiger partial charge in [-0.25, -0.2) is 0 Å². The number of pyridine rings is 1. The van der Waals surface area contributed by atoms with Crippen molar-refractivity contribution in [1.29, 1.82) is 0 Å². The van der Waals surface area contributed by atoms with Gasteiger partial charge in [0.1, 0.15) is 5.82 Å². The van der Waals surface area contributed by atoms with Crippen molar-refractivity contribution in [3.63, 3.8) is 0 Å². The Balaban J connectivity index is 1.87. The zero-order chi connectivity index (χ0) is 13.9. The van der Waals surface area contributed by atoms with Gasteiger partial charge in [-0.15, -0.1) is 11.3 Å². The molecule has 3 N–H and O–H groups in total. The van der Waals surface area contributed by atoms with E-state index in [1.807, 2.05) is 19.1 Å². The summed E-state index contributed by atoms with van der Waals surface area (Å²) in [5.74, 6) is 1.19. The van der Waals surface area contributed by atoms with Crippen molar-refractivity contribution in [2.75, 3.05) is 17.7 Å². The highest BCUT2D eigenvalue weighted by atomic mass is 32.1. The molecule has 0 spiro atoms. The summed E-state index contributed by atoms with van der Waals surface area (Å²) in [6.45, 7) is 2.45. The topological polar surface area (TPSA) is 60.2 Å². The second-order valence-electron chi connectivity index (χ2n) is 4.32. The van der Waals surface area contributed by atoms with Crippen molar-refractivity contribution >= 4 is 38.6 Å². The van der Waals surface area contributed by atoms with Crippen molar-refractivity contribution < 1.29 is 4.74 Å². The lowest BCUT2D eigenvalue weighted by atomic mass is 10.2. The van der Waals surface area contributed by atoms with Crippen molar-refractivity contribution in [3.8, 4) is 5.88 Å². The highest BCUT2D eigenvalue weighted by Gasteiger charge is 2.05. The summed E-state index contributed by atoms with van der Waals surface area (Å²) in [7, 11) is 0. The van der Waals surface area contributed by atoms with E-state index in [-0.39, 0.29) is 0 Å². The molecule has 2 heterocycles. The van der Waals surface area contributed by atoms with Gasteiger partial charge in [0.05, 0.1) is 12.3 Å². The van der Waals surface area contributed by atoms with E-state index in [2.05, 4.69) is 33.9 Å². The molecular formula is C15H15N3OS. The number of nitrogens with two attached hydrogens (primary N) is 1. The molecule has 0 aliphatic carbocycles. The van der Waals surface area contributed by atoms with Gasteiger partial charge >= 0.3 is 0 Å². The van der Waals surface area contributed by atoms with Crippen LogP contribution in [0, 0.1) is 0 Å². The predicted octanol–water partition coefficient (Wildman–Crippen LogP) is 4.02. The summed E-state index contributed by atoms with van der Waals surface area (Å²) >= 11 is 1.73. The number of nitrogens with zero attached hydrogens (tertiary/aromatic N) is 1. The lowest BCUT2D eigenvalue weighted by molar-refractivity contribution is 0.329. The van der Waals surface area contributed by atoms with Crippen LogP contribution in [0.5, 0.6) is 5.88 Å². The molecule has 3 aromatic rings. The van der Waals surface area contributed by atoms with Gasteiger partial charge in [-0.05, 0) is 54.1 Å². The third-order valence-corrected chi connectivity index (χ3v) is 3.79. The van der Waals surface area contributed by atoms with Gasteiger partial charge in [0.15, 0.2) is 0 Å². The Morgan fingerprint density at radius 3 is 3.00 bits per heavy atom. The summed E-state index contributed by atoms with van der Waals surface area (Å²) < 4.78 is 6.67. The number of benzene rings is 1. The molecule has 3 rings (SSSR count). The molecule has 20 heavy (non-hydrogen) atoms. The number of nitrogens with one attached hydrogen (secondary N) is 1. The van der Waals surface area contributed by atoms with Crippen LogP contribution in [0.1, 0.15) is 6.92 Å². The maximum Gasteiger partial charge on any atom is 0.239 e. The van der Waals surface area contributed by atoms with Crippen LogP contribution < -0.4 is 15.8 Å². The maximum atomic E-state index is 5.82. The zero-order valence-electron chi connectivity index (χ0n) is 11.1. The predicted molar refractivity (Wildman–Crippen MR) is 84.9 cm³/mol. The fourth-order valence-corrected chi connectivity index (χ4v) is 2.74. The summed E-state index contributed by atoms with van der Waals surface area (Å²) in [4.78, 5) is 4.37. The van der Waals surface area contributed by atoms with Gasteiger partial charge in [0, 0.05) is 10.4 Å². The number of hydrogen-bond donors (Lipinski definition) is 2. The Labute approximate surface area is 121 Å². The largest absolute Gasteiger partial charge is 0.476 e. The molecule has 0 aliphatic heterocycles. The summed E-state index contributed by atoms with van der Waals surface area (Å²) in [5.41, 5.74) is 7.36. The van der Waals surface area contributed by atoms with E-state index in [1.165, 1.54) is 10.1 Å². The Hall–Kier alpha value is -2.27. The van der Waals surface area contributed by atoms with Crippen LogP contribution in [0.15, 0.2) is 41.8 Å². The van der Waals surface area contributed by atoms with E-state index in [0.717, 1.165) is 11.5 Å². The number of aromatic nitrogens is 1. The van der Waals surface area contributed by atoms with E-state index in [9.17, 15) is 0 Å². The monoisotopic (exact) mass is 285 g/mol. The van der Waals surface area contributed by atoms with Crippen LogP contribution in [0.25, 0.3) is 10.1 Å². The van der Waals surface area contributed by atoms with E-state index < -0.39 is 0 Å². The molecule has 4 nitrogen and oxygen atoms in total. The molecule has 0 bridgehead atoms. The molecule has 1 aromatic carbocycles. The minimum atomic E-state index is 0.467. The SMILES string of the molecule is CCOc1nc(Nc2ccc3sccc3c2)ccc1N. The van der Waals surface area contributed by atoms with Crippen LogP contribution in [-0.4, -0.2) is 11.6 Å². The Bertz CT molecular complexity index is 739. The number of fused-ring (bicyclic) bond motifs is 1. The van der Waals surface area contributed by atoms with Crippen LogP contribution in [0.2, 0.25) is 0 Å². The maximum absolute atomic E-state index is 5.82. The number of anilines is 3. The van der Waals surface area contributed by atoms with Crippen LogP contribution in [0.3, 0.4) is 0 Å². The number of rotatable bonds is 4. The van der Waals surface area contributed by atoms with Gasteiger partial charge in [-0.2, -0.15) is 4.98 Å². The molecule has 0 saturated carbocycles. The molecular weight excluding hydrogens is 270 g/mol. The minimum Gasteiger partial charge on any atom is -0.476 e. The van der Waals surface area contributed by atoms with Crippen LogP contribution >= 0.6 is 11.3 Å². The van der Waals surface area contributed by atoms with E-state index in [1.54, 1.807) is 17.4 Å². The number of thiophene rings is 1. The quantitative estimate of drug-likeness (QED) is 0.760. The van der Waals surface area contributed by atoms with Crippen molar-refractivity contribution in [3.05, 3.63) is 41.8 Å². The van der Waals surface area contributed by atoms with E-state index >= 15 is 0 Å². The van der Waals surface area contributed by atoms with Crippen LogP contribution in [-0.2, 0) is 0 Å². The average Bonchev–Trinajstić information content (AvgIpc) is 2.90. The normalized spacial score (nSPS) is 10.7. The number of hydrogen-bond acceptors (Lipinski definition) is 5. The average molecular weight is 285 g/mol. The molecule has 102 valence electrons. The highest BCUT2D eigenvalue weighted by Crippen LogP contribution is 2.27. The Morgan fingerprint density at radius 1 is 1.25 bits per heavy atom. The van der Waals surface area contributed by atoms with Gasteiger partial charge in [-0.1, -0.05) is 0 Å². The fourth-order valence-electron chi connectivity index (χ4n) is 1.97. The first-order valence-electron chi connectivity index (χ1n) is 6.40. The third-order valence-electron chi connectivity index (χ3n) is 2.90. The fraction of sp³-hybridized carbons (Fsp3) is 0.133. The Kier molecular flexibility index (Phi) is 3.43. The second kappa shape index (κ2) is 5.38. The lowest BCUT2D eigenvalue weighted by Crippen LogP contribution is -2.02. The van der Waals surface area contributed by atoms with Gasteiger partial charge in [0.25, 0.3) is 0 Å². The van der Waals surface area contributed by atoms with Crippen molar-refractivity contribution in [2.24, 2.45) is 0 Å². The molecule has 0 saturated heterocycles. The molecule has 0 amide bonds. The standard InChI is InChI=1S/C15H15N3OS/c1-2-19-15-12(16)4-6-14(18-15)17-11-3-5-13-10(9-11)7-8-20-13/h3-9H,2,16H2,1H3,(H,17,18). The minimum absolute atomic E-state index is 0.467. The van der Waals surface area contributed by atoms with E-state index in [4.69, 9.17) is 10.5 Å². The van der Waals surface area contributed by atoms with Crippen molar-refractivity contribution in [1.82, 2.24) is 4.98 Å². The molecule has 0 aliphatic rings. The molecule has 5 heteroatoms. The molecule has 0 radical (unpaired) electrons. The smallest absolute Gasteiger partial charge is 0.239 e.